The van der Waals surface area contributed by atoms with E-state index in [1.165, 1.54) is 31.7 Å². The van der Waals surface area contributed by atoms with Crippen molar-refractivity contribution in [2.45, 2.75) is 19.9 Å². The third-order valence-electron chi connectivity index (χ3n) is 3.62. The highest BCUT2D eigenvalue weighted by Crippen LogP contribution is 2.30. The minimum Gasteiger partial charge on any atom is -0.320 e. The summed E-state index contributed by atoms with van der Waals surface area (Å²) in [5, 5.41) is 2.51. The van der Waals surface area contributed by atoms with Gasteiger partial charge in [0, 0.05) is 9.75 Å². The number of thiophene rings is 1. The molecule has 0 amide bonds. The van der Waals surface area contributed by atoms with Gasteiger partial charge in [0.25, 0.3) is 0 Å². The number of aryl methyl sites for hydroxylation is 2. The molecule has 0 spiro atoms. The Kier molecular flexibility index (Phi) is 3.13. The van der Waals surface area contributed by atoms with Crippen LogP contribution >= 0.6 is 11.3 Å². The van der Waals surface area contributed by atoms with Crippen LogP contribution < -0.4 is 5.73 Å². The average Bonchev–Trinajstić information content (AvgIpc) is 2.77. The Labute approximate surface area is 117 Å². The fourth-order valence-corrected chi connectivity index (χ4v) is 3.39. The normalized spacial score (nSPS) is 12.8. The molecule has 0 bridgehead atoms. The zero-order valence-electron chi connectivity index (χ0n) is 11.2. The molecule has 3 aromatic rings. The molecule has 1 atom stereocenters. The SMILES string of the molecule is Cc1cc(C(N)c2ccc3ccccc3c2)sc1C. The second-order valence-electron chi connectivity index (χ2n) is 4.97. The summed E-state index contributed by atoms with van der Waals surface area (Å²) < 4.78 is 0. The van der Waals surface area contributed by atoms with E-state index in [1.807, 2.05) is 0 Å². The van der Waals surface area contributed by atoms with Crippen molar-refractivity contribution in [2.24, 2.45) is 5.73 Å². The maximum absolute atomic E-state index is 6.40. The highest BCUT2D eigenvalue weighted by Gasteiger charge is 2.12. The second-order valence-corrected chi connectivity index (χ2v) is 6.26. The van der Waals surface area contributed by atoms with Gasteiger partial charge in [0.1, 0.15) is 0 Å². The summed E-state index contributed by atoms with van der Waals surface area (Å²) in [7, 11) is 0. The minimum absolute atomic E-state index is 0.0259. The van der Waals surface area contributed by atoms with E-state index in [1.54, 1.807) is 11.3 Å². The lowest BCUT2D eigenvalue weighted by atomic mass is 10.0. The third-order valence-corrected chi connectivity index (χ3v) is 4.86. The number of hydrogen-bond donors (Lipinski definition) is 1. The van der Waals surface area contributed by atoms with E-state index in [0.29, 0.717) is 0 Å². The van der Waals surface area contributed by atoms with Gasteiger partial charge in [-0.3, -0.25) is 0 Å². The van der Waals surface area contributed by atoms with Gasteiger partial charge in [-0.15, -0.1) is 11.3 Å². The standard InChI is InChI=1S/C17H17NS/c1-11-9-16(19-12(11)2)17(18)15-8-7-13-5-3-4-6-14(13)10-15/h3-10,17H,18H2,1-2H3. The maximum Gasteiger partial charge on any atom is 0.0646 e. The lowest BCUT2D eigenvalue weighted by molar-refractivity contribution is 0.895. The predicted molar refractivity (Wildman–Crippen MR) is 83.8 cm³/mol. The second kappa shape index (κ2) is 4.80. The van der Waals surface area contributed by atoms with Crippen molar-refractivity contribution in [3.63, 3.8) is 0 Å². The molecule has 1 aromatic heterocycles. The lowest BCUT2D eigenvalue weighted by Crippen LogP contribution is -2.09. The highest BCUT2D eigenvalue weighted by atomic mass is 32.1. The summed E-state index contributed by atoms with van der Waals surface area (Å²) >= 11 is 1.80. The number of rotatable bonds is 2. The van der Waals surface area contributed by atoms with Crippen molar-refractivity contribution in [1.82, 2.24) is 0 Å². The number of benzene rings is 2. The van der Waals surface area contributed by atoms with Crippen molar-refractivity contribution in [3.8, 4) is 0 Å². The van der Waals surface area contributed by atoms with Gasteiger partial charge in [0.2, 0.25) is 0 Å². The predicted octanol–water partition coefficient (Wildman–Crippen LogP) is 4.57. The molecule has 2 heteroatoms. The fourth-order valence-electron chi connectivity index (χ4n) is 2.32. The molecule has 96 valence electrons. The Morgan fingerprint density at radius 3 is 2.37 bits per heavy atom. The Balaban J connectivity index is 2.03. The zero-order valence-corrected chi connectivity index (χ0v) is 12.0. The van der Waals surface area contributed by atoms with Gasteiger partial charge in [0.05, 0.1) is 6.04 Å². The van der Waals surface area contributed by atoms with E-state index >= 15 is 0 Å². The third kappa shape index (κ3) is 2.29. The van der Waals surface area contributed by atoms with Crippen LogP contribution in [-0.4, -0.2) is 0 Å². The molecule has 0 aliphatic carbocycles. The van der Waals surface area contributed by atoms with Gasteiger partial charge in [-0.05, 0) is 47.9 Å². The highest BCUT2D eigenvalue weighted by molar-refractivity contribution is 7.12. The fraction of sp³-hybridized carbons (Fsp3) is 0.176. The van der Waals surface area contributed by atoms with Crippen LogP contribution in [0.5, 0.6) is 0 Å². The molecule has 0 saturated carbocycles. The van der Waals surface area contributed by atoms with Crippen LogP contribution in [0, 0.1) is 13.8 Å². The van der Waals surface area contributed by atoms with Crippen molar-refractivity contribution in [2.75, 3.05) is 0 Å². The van der Waals surface area contributed by atoms with Crippen molar-refractivity contribution in [3.05, 3.63) is 69.4 Å². The van der Waals surface area contributed by atoms with E-state index in [-0.39, 0.29) is 6.04 Å². The summed E-state index contributed by atoms with van der Waals surface area (Å²) in [6.07, 6.45) is 0. The zero-order chi connectivity index (χ0) is 13.4. The van der Waals surface area contributed by atoms with Gasteiger partial charge < -0.3 is 5.73 Å². The van der Waals surface area contributed by atoms with Gasteiger partial charge in [-0.1, -0.05) is 36.4 Å². The summed E-state index contributed by atoms with van der Waals surface area (Å²) in [5.41, 5.74) is 8.91. The van der Waals surface area contributed by atoms with Crippen LogP contribution in [0.25, 0.3) is 10.8 Å². The van der Waals surface area contributed by atoms with Crippen LogP contribution in [-0.2, 0) is 0 Å². The van der Waals surface area contributed by atoms with Gasteiger partial charge in [0.15, 0.2) is 0 Å². The van der Waals surface area contributed by atoms with Crippen molar-refractivity contribution < 1.29 is 0 Å². The number of fused-ring (bicyclic) bond motifs is 1. The molecule has 2 N–H and O–H groups in total. The Morgan fingerprint density at radius 2 is 1.68 bits per heavy atom. The summed E-state index contributed by atoms with van der Waals surface area (Å²) in [4.78, 5) is 2.59. The summed E-state index contributed by atoms with van der Waals surface area (Å²) in [6, 6.07) is 17.1. The lowest BCUT2D eigenvalue weighted by Gasteiger charge is -2.11. The molecular weight excluding hydrogens is 250 g/mol. The quantitative estimate of drug-likeness (QED) is 0.723. The summed E-state index contributed by atoms with van der Waals surface area (Å²) in [5.74, 6) is 0. The number of hydrogen-bond acceptors (Lipinski definition) is 2. The minimum atomic E-state index is -0.0259. The molecule has 1 unspecified atom stereocenters. The topological polar surface area (TPSA) is 26.0 Å². The van der Waals surface area contributed by atoms with Crippen LogP contribution in [0.1, 0.15) is 26.9 Å². The molecule has 3 rings (SSSR count). The van der Waals surface area contributed by atoms with Crippen LogP contribution in [0.3, 0.4) is 0 Å². The first-order valence-corrected chi connectivity index (χ1v) is 7.28. The largest absolute Gasteiger partial charge is 0.320 e. The smallest absolute Gasteiger partial charge is 0.0646 e. The van der Waals surface area contributed by atoms with Crippen LogP contribution in [0.4, 0.5) is 0 Å². The van der Waals surface area contributed by atoms with Crippen LogP contribution in [0.2, 0.25) is 0 Å². The van der Waals surface area contributed by atoms with Gasteiger partial charge in [-0.2, -0.15) is 0 Å². The molecule has 0 fully saturated rings. The first-order valence-electron chi connectivity index (χ1n) is 6.46. The number of nitrogens with two attached hydrogens (primary N) is 1. The molecule has 1 heterocycles. The van der Waals surface area contributed by atoms with Crippen molar-refractivity contribution in [1.29, 1.82) is 0 Å². The molecule has 0 aliphatic rings. The molecule has 0 saturated heterocycles. The van der Waals surface area contributed by atoms with E-state index in [9.17, 15) is 0 Å². The molecule has 19 heavy (non-hydrogen) atoms. The molecule has 0 aliphatic heterocycles. The van der Waals surface area contributed by atoms with E-state index in [2.05, 4.69) is 62.4 Å². The van der Waals surface area contributed by atoms with Gasteiger partial charge in [-0.25, -0.2) is 0 Å². The first-order chi connectivity index (χ1) is 9.15. The van der Waals surface area contributed by atoms with E-state index in [4.69, 9.17) is 5.73 Å². The monoisotopic (exact) mass is 267 g/mol. The maximum atomic E-state index is 6.40. The van der Waals surface area contributed by atoms with Crippen molar-refractivity contribution >= 4 is 22.1 Å². The van der Waals surface area contributed by atoms with E-state index in [0.717, 1.165) is 0 Å². The van der Waals surface area contributed by atoms with Gasteiger partial charge >= 0.3 is 0 Å². The van der Waals surface area contributed by atoms with E-state index < -0.39 is 0 Å². The Morgan fingerprint density at radius 1 is 0.947 bits per heavy atom. The molecule has 2 aromatic carbocycles. The molecular formula is C17H17NS. The Bertz CT molecular complexity index is 707. The Hall–Kier alpha value is -1.64. The molecule has 0 radical (unpaired) electrons. The average molecular weight is 267 g/mol. The molecule has 1 nitrogen and oxygen atoms in total. The summed E-state index contributed by atoms with van der Waals surface area (Å²) in [6.45, 7) is 4.29. The first kappa shape index (κ1) is 12.4. The van der Waals surface area contributed by atoms with Crippen LogP contribution in [0.15, 0.2) is 48.5 Å².